The molecule has 0 spiro atoms. The summed E-state index contributed by atoms with van der Waals surface area (Å²) < 4.78 is 5.48. The minimum absolute atomic E-state index is 0.0832. The molecule has 0 bridgehead atoms. The van der Waals surface area contributed by atoms with Crippen molar-refractivity contribution in [1.82, 2.24) is 15.5 Å². The number of benzene rings is 1. The topological polar surface area (TPSA) is 87.7 Å². The average Bonchev–Trinajstić information content (AvgIpc) is 3.44. The lowest BCUT2D eigenvalue weighted by atomic mass is 9.92. The Bertz CT molecular complexity index is 960. The number of nitrogens with zero attached hydrogens (tertiary/aromatic N) is 1. The molecule has 5 unspecified atom stereocenters. The fourth-order valence-electron chi connectivity index (χ4n) is 4.36. The largest absolute Gasteiger partial charge is 0.444 e. The lowest BCUT2D eigenvalue weighted by Gasteiger charge is -2.38. The average molecular weight is 502 g/mol. The minimum atomic E-state index is -0.812. The Hall–Kier alpha value is -2.57. The standard InChI is InChI=1S/C29H47N3O4/c1-12-18(3)23(30-27(35)36-29(9,10)11)26(34)32(22-16-20(22)5)24(25(33)31-28(6,7)8)21-15-17(2)13-14-19(21)4/h13-15,18,20,22-24H,12,16H2,1-11H3,(H,30,35)(H,31,33). The second-order valence-electron chi connectivity index (χ2n) is 12.5. The van der Waals surface area contributed by atoms with Gasteiger partial charge in [-0.25, -0.2) is 4.79 Å². The second-order valence-corrected chi connectivity index (χ2v) is 12.5. The van der Waals surface area contributed by atoms with Gasteiger partial charge in [0.1, 0.15) is 17.7 Å². The summed E-state index contributed by atoms with van der Waals surface area (Å²) in [5.74, 6) is -0.349. The van der Waals surface area contributed by atoms with Crippen LogP contribution >= 0.6 is 0 Å². The zero-order chi connectivity index (χ0) is 27.6. The van der Waals surface area contributed by atoms with Crippen molar-refractivity contribution in [2.45, 2.75) is 118 Å². The molecule has 36 heavy (non-hydrogen) atoms. The third-order valence-electron chi connectivity index (χ3n) is 6.58. The van der Waals surface area contributed by atoms with Crippen molar-refractivity contribution in [2.24, 2.45) is 11.8 Å². The number of rotatable bonds is 8. The molecule has 2 N–H and O–H groups in total. The zero-order valence-electron chi connectivity index (χ0n) is 24.1. The second kappa shape index (κ2) is 11.2. The number of carbonyl (C=O) groups is 3. The number of carbonyl (C=O) groups excluding carboxylic acids is 3. The normalized spacial score (nSPS) is 20.1. The number of hydrogen-bond acceptors (Lipinski definition) is 4. The van der Waals surface area contributed by atoms with Gasteiger partial charge >= 0.3 is 6.09 Å². The van der Waals surface area contributed by atoms with Gasteiger partial charge in [0.05, 0.1) is 0 Å². The van der Waals surface area contributed by atoms with E-state index in [4.69, 9.17) is 4.74 Å². The molecule has 2 rings (SSSR count). The van der Waals surface area contributed by atoms with Crippen LogP contribution in [0.15, 0.2) is 18.2 Å². The van der Waals surface area contributed by atoms with E-state index in [-0.39, 0.29) is 29.7 Å². The van der Waals surface area contributed by atoms with Gasteiger partial charge in [0.25, 0.3) is 0 Å². The lowest BCUT2D eigenvalue weighted by molar-refractivity contribution is -0.145. The van der Waals surface area contributed by atoms with E-state index in [0.29, 0.717) is 6.42 Å². The quantitative estimate of drug-likeness (QED) is 0.497. The van der Waals surface area contributed by atoms with Crippen molar-refractivity contribution in [3.63, 3.8) is 0 Å². The molecule has 1 saturated carbocycles. The highest BCUT2D eigenvalue weighted by atomic mass is 16.6. The van der Waals surface area contributed by atoms with E-state index >= 15 is 0 Å². The molecule has 1 aliphatic carbocycles. The Kier molecular flexibility index (Phi) is 9.25. The van der Waals surface area contributed by atoms with Crippen LogP contribution in [-0.2, 0) is 14.3 Å². The Morgan fingerprint density at radius 2 is 1.69 bits per heavy atom. The van der Waals surface area contributed by atoms with E-state index < -0.39 is 29.3 Å². The van der Waals surface area contributed by atoms with Crippen LogP contribution in [-0.4, -0.2) is 46.0 Å². The van der Waals surface area contributed by atoms with Crippen LogP contribution in [0, 0.1) is 25.7 Å². The maximum atomic E-state index is 14.3. The molecule has 1 fully saturated rings. The molecule has 1 aromatic carbocycles. The van der Waals surface area contributed by atoms with Gasteiger partial charge in [-0.2, -0.15) is 0 Å². The highest BCUT2D eigenvalue weighted by Gasteiger charge is 2.49. The molecule has 7 nitrogen and oxygen atoms in total. The Balaban J connectivity index is 2.59. The van der Waals surface area contributed by atoms with Crippen LogP contribution in [0.3, 0.4) is 0 Å². The van der Waals surface area contributed by atoms with Gasteiger partial charge in [-0.1, -0.05) is 51.0 Å². The van der Waals surface area contributed by atoms with Crippen LogP contribution in [0.2, 0.25) is 0 Å². The highest BCUT2D eigenvalue weighted by Crippen LogP contribution is 2.42. The minimum Gasteiger partial charge on any atom is -0.444 e. The monoisotopic (exact) mass is 501 g/mol. The molecular weight excluding hydrogens is 454 g/mol. The SMILES string of the molecule is CCC(C)C(NC(=O)OC(C)(C)C)C(=O)N(C(C(=O)NC(C)(C)C)c1cc(C)ccc1C)C1CC1C. The molecule has 1 aromatic rings. The van der Waals surface area contributed by atoms with Crippen molar-refractivity contribution in [3.8, 4) is 0 Å². The van der Waals surface area contributed by atoms with Crippen molar-refractivity contribution in [2.75, 3.05) is 0 Å². The summed E-state index contributed by atoms with van der Waals surface area (Å²) >= 11 is 0. The Morgan fingerprint density at radius 1 is 1.11 bits per heavy atom. The van der Waals surface area contributed by atoms with E-state index in [1.165, 1.54) is 0 Å². The van der Waals surface area contributed by atoms with Gasteiger partial charge in [-0.15, -0.1) is 0 Å². The number of alkyl carbamates (subject to hydrolysis) is 1. The fraction of sp³-hybridized carbons (Fsp3) is 0.690. The molecule has 0 aromatic heterocycles. The number of amides is 3. The predicted molar refractivity (Wildman–Crippen MR) is 144 cm³/mol. The molecular formula is C29H47N3O4. The first-order valence-electron chi connectivity index (χ1n) is 13.2. The number of nitrogens with one attached hydrogen (secondary N) is 2. The summed E-state index contributed by atoms with van der Waals surface area (Å²) in [5, 5.41) is 5.94. The molecule has 0 radical (unpaired) electrons. The van der Waals surface area contributed by atoms with Crippen molar-refractivity contribution in [1.29, 1.82) is 0 Å². The first-order valence-corrected chi connectivity index (χ1v) is 13.2. The Labute approximate surface area is 217 Å². The Morgan fingerprint density at radius 3 is 2.17 bits per heavy atom. The smallest absolute Gasteiger partial charge is 0.408 e. The summed E-state index contributed by atoms with van der Waals surface area (Å²) in [7, 11) is 0. The molecule has 0 saturated heterocycles. The van der Waals surface area contributed by atoms with Crippen molar-refractivity contribution < 1.29 is 19.1 Å². The van der Waals surface area contributed by atoms with Gasteiger partial charge in [-0.05, 0) is 84.8 Å². The molecule has 202 valence electrons. The zero-order valence-corrected chi connectivity index (χ0v) is 24.1. The molecule has 0 heterocycles. The van der Waals surface area contributed by atoms with Crippen molar-refractivity contribution >= 4 is 17.9 Å². The van der Waals surface area contributed by atoms with E-state index in [0.717, 1.165) is 23.1 Å². The van der Waals surface area contributed by atoms with E-state index in [1.807, 2.05) is 66.7 Å². The number of aryl methyl sites for hydroxylation is 2. The first kappa shape index (κ1) is 29.7. The molecule has 0 aliphatic heterocycles. The highest BCUT2D eigenvalue weighted by molar-refractivity contribution is 5.93. The molecule has 5 atom stereocenters. The summed E-state index contributed by atoms with van der Waals surface area (Å²) in [6, 6.07) is 4.29. The van der Waals surface area contributed by atoms with Crippen LogP contribution in [0.1, 0.15) is 97.9 Å². The fourth-order valence-corrected chi connectivity index (χ4v) is 4.36. The van der Waals surface area contributed by atoms with Gasteiger partial charge < -0.3 is 20.3 Å². The number of hydrogen-bond donors (Lipinski definition) is 2. The van der Waals surface area contributed by atoms with Gasteiger partial charge in [0.15, 0.2) is 0 Å². The molecule has 7 heteroatoms. The maximum Gasteiger partial charge on any atom is 0.408 e. The van der Waals surface area contributed by atoms with Gasteiger partial charge in [0.2, 0.25) is 11.8 Å². The third kappa shape index (κ3) is 7.97. The van der Waals surface area contributed by atoms with Crippen LogP contribution in [0.25, 0.3) is 0 Å². The first-order chi connectivity index (χ1) is 16.4. The molecule has 1 aliphatic rings. The van der Waals surface area contributed by atoms with E-state index in [9.17, 15) is 14.4 Å². The van der Waals surface area contributed by atoms with Crippen molar-refractivity contribution in [3.05, 3.63) is 34.9 Å². The summed E-state index contributed by atoms with van der Waals surface area (Å²) in [6.45, 7) is 21.1. The molecule has 3 amide bonds. The predicted octanol–water partition coefficient (Wildman–Crippen LogP) is 5.44. The van der Waals surface area contributed by atoms with Gasteiger partial charge in [0, 0.05) is 11.6 Å². The summed E-state index contributed by atoms with van der Waals surface area (Å²) in [6.07, 6.45) is 0.866. The summed E-state index contributed by atoms with van der Waals surface area (Å²) in [4.78, 5) is 42.7. The lowest BCUT2D eigenvalue weighted by Crippen LogP contribution is -2.57. The van der Waals surface area contributed by atoms with Crippen LogP contribution in [0.4, 0.5) is 4.79 Å². The van der Waals surface area contributed by atoms with E-state index in [1.54, 1.807) is 25.7 Å². The van der Waals surface area contributed by atoms with Crippen LogP contribution < -0.4 is 10.6 Å². The van der Waals surface area contributed by atoms with Crippen LogP contribution in [0.5, 0.6) is 0 Å². The third-order valence-corrected chi connectivity index (χ3v) is 6.58. The van der Waals surface area contributed by atoms with E-state index in [2.05, 4.69) is 17.6 Å². The van der Waals surface area contributed by atoms with Gasteiger partial charge in [-0.3, -0.25) is 9.59 Å². The summed E-state index contributed by atoms with van der Waals surface area (Å²) in [5.41, 5.74) is 1.61. The number of ether oxygens (including phenoxy) is 1. The maximum absolute atomic E-state index is 14.3.